The number of halogens is 3. The number of alkyl halides is 2. The first-order valence-corrected chi connectivity index (χ1v) is 3.59. The van der Waals surface area contributed by atoms with Gasteiger partial charge in [0.15, 0.2) is 11.6 Å². The van der Waals surface area contributed by atoms with E-state index in [0.717, 1.165) is 0 Å². The number of hydrogen-bond acceptors (Lipinski definition) is 3. The SMILES string of the molecule is N#CCc1ncc(O)c(F)c1C(F)F. The highest BCUT2D eigenvalue weighted by Crippen LogP contribution is 2.29. The van der Waals surface area contributed by atoms with Gasteiger partial charge < -0.3 is 5.11 Å². The van der Waals surface area contributed by atoms with Crippen molar-refractivity contribution < 1.29 is 18.3 Å². The first-order chi connectivity index (χ1) is 6.57. The molecule has 14 heavy (non-hydrogen) atoms. The van der Waals surface area contributed by atoms with E-state index in [9.17, 15) is 13.2 Å². The molecule has 0 radical (unpaired) electrons. The molecule has 0 bridgehead atoms. The molecule has 0 aromatic carbocycles. The lowest BCUT2D eigenvalue weighted by molar-refractivity contribution is 0.143. The fourth-order valence-corrected chi connectivity index (χ4v) is 0.967. The van der Waals surface area contributed by atoms with E-state index < -0.39 is 30.0 Å². The Bertz CT molecular complexity index is 387. The number of rotatable bonds is 2. The smallest absolute Gasteiger partial charge is 0.268 e. The predicted molar refractivity (Wildman–Crippen MR) is 40.1 cm³/mol. The lowest BCUT2D eigenvalue weighted by Crippen LogP contribution is -2.01. The largest absolute Gasteiger partial charge is 0.504 e. The van der Waals surface area contributed by atoms with E-state index in [4.69, 9.17) is 10.4 Å². The third-order valence-corrected chi connectivity index (χ3v) is 1.58. The van der Waals surface area contributed by atoms with Crippen molar-refractivity contribution in [3.05, 3.63) is 23.3 Å². The molecular weight excluding hydrogens is 197 g/mol. The highest BCUT2D eigenvalue weighted by molar-refractivity contribution is 5.33. The Labute approximate surface area is 77.4 Å². The molecule has 0 atom stereocenters. The van der Waals surface area contributed by atoms with Gasteiger partial charge in [-0.15, -0.1) is 0 Å². The lowest BCUT2D eigenvalue weighted by Gasteiger charge is -2.06. The molecule has 0 spiro atoms. The minimum Gasteiger partial charge on any atom is -0.504 e. The van der Waals surface area contributed by atoms with Crippen LogP contribution >= 0.6 is 0 Å². The van der Waals surface area contributed by atoms with Crippen LogP contribution in [0, 0.1) is 17.1 Å². The van der Waals surface area contributed by atoms with Crippen LogP contribution in [0.2, 0.25) is 0 Å². The summed E-state index contributed by atoms with van der Waals surface area (Å²) in [6.45, 7) is 0. The number of nitrogens with zero attached hydrogens (tertiary/aromatic N) is 2. The summed E-state index contributed by atoms with van der Waals surface area (Å²) in [6, 6.07) is 1.58. The normalized spacial score (nSPS) is 10.2. The second-order valence-electron chi connectivity index (χ2n) is 2.45. The van der Waals surface area contributed by atoms with Crippen molar-refractivity contribution in [2.75, 3.05) is 0 Å². The van der Waals surface area contributed by atoms with Crippen molar-refractivity contribution in [2.45, 2.75) is 12.8 Å². The Morgan fingerprint density at radius 1 is 1.57 bits per heavy atom. The summed E-state index contributed by atoms with van der Waals surface area (Å²) in [5.74, 6) is -2.36. The molecule has 74 valence electrons. The third kappa shape index (κ3) is 1.76. The standard InChI is InChI=1S/C8H5F3N2O/c9-7-5(14)3-13-4(1-2-12)6(7)8(10)11/h3,8,14H,1H2. The van der Waals surface area contributed by atoms with Gasteiger partial charge in [-0.1, -0.05) is 0 Å². The first-order valence-electron chi connectivity index (χ1n) is 3.59. The molecule has 0 saturated carbocycles. The van der Waals surface area contributed by atoms with Crippen LogP contribution in [-0.2, 0) is 6.42 Å². The summed E-state index contributed by atoms with van der Waals surface area (Å²) >= 11 is 0. The van der Waals surface area contributed by atoms with Gasteiger partial charge in [0, 0.05) is 0 Å². The zero-order chi connectivity index (χ0) is 10.7. The summed E-state index contributed by atoms with van der Waals surface area (Å²) in [5, 5.41) is 17.1. The van der Waals surface area contributed by atoms with Crippen LogP contribution < -0.4 is 0 Å². The monoisotopic (exact) mass is 202 g/mol. The quantitative estimate of drug-likeness (QED) is 0.797. The molecule has 0 amide bonds. The number of nitriles is 1. The summed E-state index contributed by atoms with van der Waals surface area (Å²) < 4.78 is 37.5. The van der Waals surface area contributed by atoms with Crippen LogP contribution in [0.4, 0.5) is 13.2 Å². The van der Waals surface area contributed by atoms with E-state index in [-0.39, 0.29) is 5.69 Å². The van der Waals surface area contributed by atoms with Crippen molar-refractivity contribution in [1.82, 2.24) is 4.98 Å². The van der Waals surface area contributed by atoms with E-state index in [0.29, 0.717) is 6.20 Å². The van der Waals surface area contributed by atoms with Crippen molar-refractivity contribution in [2.24, 2.45) is 0 Å². The van der Waals surface area contributed by atoms with Crippen molar-refractivity contribution >= 4 is 0 Å². The van der Waals surface area contributed by atoms with E-state index in [1.165, 1.54) is 0 Å². The fraction of sp³-hybridized carbons (Fsp3) is 0.250. The van der Waals surface area contributed by atoms with Gasteiger partial charge in [0.1, 0.15) is 0 Å². The van der Waals surface area contributed by atoms with Crippen molar-refractivity contribution in [1.29, 1.82) is 5.26 Å². The number of aromatic nitrogens is 1. The van der Waals surface area contributed by atoms with Gasteiger partial charge in [-0.05, 0) is 0 Å². The van der Waals surface area contributed by atoms with Crippen LogP contribution in [0.5, 0.6) is 5.75 Å². The molecule has 0 aliphatic heterocycles. The second kappa shape index (κ2) is 3.96. The number of hydrogen-bond donors (Lipinski definition) is 1. The molecule has 6 heteroatoms. The Morgan fingerprint density at radius 2 is 2.21 bits per heavy atom. The van der Waals surface area contributed by atoms with Gasteiger partial charge >= 0.3 is 0 Å². The summed E-state index contributed by atoms with van der Waals surface area (Å²) in [7, 11) is 0. The Kier molecular flexibility index (Phi) is 2.92. The van der Waals surface area contributed by atoms with Crippen LogP contribution in [0.15, 0.2) is 6.20 Å². The van der Waals surface area contributed by atoms with Crippen LogP contribution in [0.25, 0.3) is 0 Å². The second-order valence-corrected chi connectivity index (χ2v) is 2.45. The summed E-state index contributed by atoms with van der Waals surface area (Å²) in [5.41, 5.74) is -1.36. The predicted octanol–water partition coefficient (Wildman–Crippen LogP) is 1.93. The molecule has 1 heterocycles. The van der Waals surface area contributed by atoms with Gasteiger partial charge in [0.2, 0.25) is 0 Å². The minimum atomic E-state index is -3.10. The molecule has 1 aromatic rings. The molecule has 0 fully saturated rings. The zero-order valence-electron chi connectivity index (χ0n) is 6.84. The molecule has 3 nitrogen and oxygen atoms in total. The maximum Gasteiger partial charge on any atom is 0.268 e. The highest BCUT2D eigenvalue weighted by atomic mass is 19.3. The summed E-state index contributed by atoms with van der Waals surface area (Å²) in [6.07, 6.45) is -2.82. The molecule has 0 unspecified atom stereocenters. The van der Waals surface area contributed by atoms with E-state index in [1.54, 1.807) is 6.07 Å². The molecule has 0 aliphatic carbocycles. The third-order valence-electron chi connectivity index (χ3n) is 1.58. The van der Waals surface area contributed by atoms with E-state index in [1.807, 2.05) is 0 Å². The average Bonchev–Trinajstić information content (AvgIpc) is 2.11. The summed E-state index contributed by atoms with van der Waals surface area (Å²) in [4.78, 5) is 3.36. The van der Waals surface area contributed by atoms with Gasteiger partial charge in [-0.25, -0.2) is 13.2 Å². The Hall–Kier alpha value is -1.77. The van der Waals surface area contributed by atoms with Crippen molar-refractivity contribution in [3.8, 4) is 11.8 Å². The van der Waals surface area contributed by atoms with E-state index in [2.05, 4.69) is 4.98 Å². The lowest BCUT2D eigenvalue weighted by atomic mass is 10.1. The van der Waals surface area contributed by atoms with Crippen LogP contribution in [0.3, 0.4) is 0 Å². The molecule has 1 rings (SSSR count). The van der Waals surface area contributed by atoms with Gasteiger partial charge in [0.25, 0.3) is 6.43 Å². The van der Waals surface area contributed by atoms with Crippen molar-refractivity contribution in [3.63, 3.8) is 0 Å². The molecule has 0 aliphatic rings. The maximum atomic E-state index is 13.0. The number of pyridine rings is 1. The maximum absolute atomic E-state index is 13.0. The minimum absolute atomic E-state index is 0.349. The van der Waals surface area contributed by atoms with Gasteiger partial charge in [0.05, 0.1) is 29.9 Å². The Morgan fingerprint density at radius 3 is 2.71 bits per heavy atom. The van der Waals surface area contributed by atoms with E-state index >= 15 is 0 Å². The highest BCUT2D eigenvalue weighted by Gasteiger charge is 2.22. The average molecular weight is 202 g/mol. The molecule has 1 aromatic heterocycles. The van der Waals surface area contributed by atoms with Gasteiger partial charge in [-0.2, -0.15) is 5.26 Å². The number of aromatic hydroxyl groups is 1. The molecule has 0 saturated heterocycles. The van der Waals surface area contributed by atoms with Gasteiger partial charge in [-0.3, -0.25) is 4.98 Å². The molecule has 1 N–H and O–H groups in total. The molecular formula is C8H5F3N2O. The first kappa shape index (κ1) is 10.3. The fourth-order valence-electron chi connectivity index (χ4n) is 0.967. The zero-order valence-corrected chi connectivity index (χ0v) is 6.84. The van der Waals surface area contributed by atoms with Crippen LogP contribution in [0.1, 0.15) is 17.7 Å². The van der Waals surface area contributed by atoms with Crippen LogP contribution in [-0.4, -0.2) is 10.1 Å². The topological polar surface area (TPSA) is 56.9 Å². The Balaban J connectivity index is 3.31.